The minimum absolute atomic E-state index is 0.420. The number of nitrogens with zero attached hydrogens (tertiary/aromatic N) is 2. The minimum atomic E-state index is 0.420. The molecule has 4 heteroatoms. The Bertz CT molecular complexity index is 289. The third-order valence-electron chi connectivity index (χ3n) is 2.68. The summed E-state index contributed by atoms with van der Waals surface area (Å²) in [5.74, 6) is 0. The molecule has 0 unspecified atom stereocenters. The smallest absolute Gasteiger partial charge is 0.0897 e. The molecule has 0 atom stereocenters. The van der Waals surface area contributed by atoms with Crippen molar-refractivity contribution in [1.82, 2.24) is 9.88 Å². The highest BCUT2D eigenvalue weighted by Gasteiger charge is 2.16. The van der Waals surface area contributed by atoms with Gasteiger partial charge in [0, 0.05) is 31.1 Å². The van der Waals surface area contributed by atoms with Crippen molar-refractivity contribution in [2.45, 2.75) is 32.4 Å². The molecule has 78 valence electrons. The first-order valence-corrected chi connectivity index (χ1v) is 6.01. The summed E-state index contributed by atoms with van der Waals surface area (Å²) in [7, 11) is 0. The Morgan fingerprint density at radius 2 is 2.29 bits per heavy atom. The Kier molecular flexibility index (Phi) is 3.15. The predicted octanol–water partition coefficient (Wildman–Crippen LogP) is 1.37. The van der Waals surface area contributed by atoms with Gasteiger partial charge in [-0.05, 0) is 19.8 Å². The molecule has 0 spiro atoms. The second-order valence-electron chi connectivity index (χ2n) is 3.97. The van der Waals surface area contributed by atoms with Gasteiger partial charge in [0.2, 0.25) is 0 Å². The van der Waals surface area contributed by atoms with Gasteiger partial charge in [0.15, 0.2) is 0 Å². The van der Waals surface area contributed by atoms with E-state index >= 15 is 0 Å². The van der Waals surface area contributed by atoms with E-state index in [1.807, 2.05) is 0 Å². The minimum Gasteiger partial charge on any atom is -0.328 e. The summed E-state index contributed by atoms with van der Waals surface area (Å²) in [4.78, 5) is 6.91. The quantitative estimate of drug-likeness (QED) is 0.803. The van der Waals surface area contributed by atoms with Gasteiger partial charge >= 0.3 is 0 Å². The van der Waals surface area contributed by atoms with E-state index in [-0.39, 0.29) is 0 Å². The summed E-state index contributed by atoms with van der Waals surface area (Å²) in [6.07, 6.45) is 2.26. The van der Waals surface area contributed by atoms with E-state index in [9.17, 15) is 0 Å². The van der Waals surface area contributed by atoms with Crippen molar-refractivity contribution in [3.63, 3.8) is 0 Å². The highest BCUT2D eigenvalue weighted by molar-refractivity contribution is 7.09. The average molecular weight is 211 g/mol. The number of likely N-dealkylation sites (tertiary alicyclic amines) is 1. The zero-order chi connectivity index (χ0) is 9.97. The Morgan fingerprint density at radius 3 is 2.86 bits per heavy atom. The van der Waals surface area contributed by atoms with Crippen molar-refractivity contribution in [2.24, 2.45) is 5.73 Å². The van der Waals surface area contributed by atoms with Gasteiger partial charge in [0.25, 0.3) is 0 Å². The third-order valence-corrected chi connectivity index (χ3v) is 3.51. The Morgan fingerprint density at radius 1 is 1.57 bits per heavy atom. The fourth-order valence-corrected chi connectivity index (χ4v) is 2.42. The lowest BCUT2D eigenvalue weighted by Crippen LogP contribution is -2.39. The van der Waals surface area contributed by atoms with Gasteiger partial charge in [-0.25, -0.2) is 4.98 Å². The summed E-state index contributed by atoms with van der Waals surface area (Å²) in [6, 6.07) is 0.420. The second kappa shape index (κ2) is 4.38. The molecule has 0 saturated carbocycles. The van der Waals surface area contributed by atoms with E-state index in [0.29, 0.717) is 6.04 Å². The monoisotopic (exact) mass is 211 g/mol. The molecule has 2 rings (SSSR count). The molecule has 0 amide bonds. The van der Waals surface area contributed by atoms with Crippen LogP contribution in [0.4, 0.5) is 0 Å². The van der Waals surface area contributed by atoms with Crippen molar-refractivity contribution >= 4 is 11.3 Å². The Balaban J connectivity index is 1.86. The van der Waals surface area contributed by atoms with E-state index in [0.717, 1.165) is 37.5 Å². The topological polar surface area (TPSA) is 42.2 Å². The largest absolute Gasteiger partial charge is 0.328 e. The third kappa shape index (κ3) is 2.53. The van der Waals surface area contributed by atoms with Crippen LogP contribution in [-0.4, -0.2) is 29.0 Å². The normalized spacial score (nSPS) is 20.1. The zero-order valence-corrected chi connectivity index (χ0v) is 9.39. The van der Waals surface area contributed by atoms with E-state index in [1.165, 1.54) is 5.69 Å². The molecule has 0 bridgehead atoms. The molecule has 1 fully saturated rings. The van der Waals surface area contributed by atoms with E-state index in [2.05, 4.69) is 22.2 Å². The van der Waals surface area contributed by atoms with Crippen LogP contribution in [0.5, 0.6) is 0 Å². The van der Waals surface area contributed by atoms with Crippen LogP contribution in [0.3, 0.4) is 0 Å². The first-order valence-electron chi connectivity index (χ1n) is 5.13. The molecule has 1 aliphatic heterocycles. The van der Waals surface area contributed by atoms with Crippen LogP contribution in [0.25, 0.3) is 0 Å². The van der Waals surface area contributed by atoms with E-state index in [1.54, 1.807) is 11.3 Å². The zero-order valence-electron chi connectivity index (χ0n) is 8.57. The molecule has 0 aliphatic carbocycles. The van der Waals surface area contributed by atoms with Crippen LogP contribution in [-0.2, 0) is 6.54 Å². The van der Waals surface area contributed by atoms with Gasteiger partial charge in [-0.1, -0.05) is 0 Å². The summed E-state index contributed by atoms with van der Waals surface area (Å²) < 4.78 is 0. The predicted molar refractivity (Wildman–Crippen MR) is 59.3 cm³/mol. The maximum absolute atomic E-state index is 5.85. The number of aromatic nitrogens is 1. The van der Waals surface area contributed by atoms with Crippen molar-refractivity contribution in [1.29, 1.82) is 0 Å². The van der Waals surface area contributed by atoms with Crippen LogP contribution < -0.4 is 5.73 Å². The molecule has 1 aromatic heterocycles. The molecular weight excluding hydrogens is 194 g/mol. The number of rotatable bonds is 2. The van der Waals surface area contributed by atoms with Gasteiger partial charge in [-0.15, -0.1) is 11.3 Å². The molecule has 14 heavy (non-hydrogen) atoms. The lowest BCUT2D eigenvalue weighted by atomic mass is 10.1. The van der Waals surface area contributed by atoms with Crippen molar-refractivity contribution in [3.05, 3.63) is 16.1 Å². The number of aryl methyl sites for hydroxylation is 1. The Hall–Kier alpha value is -0.450. The van der Waals surface area contributed by atoms with Gasteiger partial charge in [-0.3, -0.25) is 4.90 Å². The molecule has 1 aromatic rings. The fourth-order valence-electron chi connectivity index (χ4n) is 1.82. The van der Waals surface area contributed by atoms with Gasteiger partial charge in [0.1, 0.15) is 0 Å². The summed E-state index contributed by atoms with van der Waals surface area (Å²) in [6.45, 7) is 5.30. The lowest BCUT2D eigenvalue weighted by molar-refractivity contribution is 0.204. The highest BCUT2D eigenvalue weighted by Crippen LogP contribution is 2.14. The standard InChI is InChI=1S/C10H17N3S/c1-8-12-10(7-14-8)6-13-4-2-9(11)3-5-13/h7,9H,2-6,11H2,1H3. The molecule has 3 nitrogen and oxygen atoms in total. The summed E-state index contributed by atoms with van der Waals surface area (Å²) >= 11 is 1.73. The molecule has 2 heterocycles. The van der Waals surface area contributed by atoms with Crippen LogP contribution in [0, 0.1) is 6.92 Å². The van der Waals surface area contributed by atoms with E-state index in [4.69, 9.17) is 5.73 Å². The number of nitrogens with two attached hydrogens (primary N) is 1. The number of hydrogen-bond acceptors (Lipinski definition) is 4. The maximum atomic E-state index is 5.85. The second-order valence-corrected chi connectivity index (χ2v) is 5.03. The number of thiazole rings is 1. The van der Waals surface area contributed by atoms with Crippen molar-refractivity contribution in [3.8, 4) is 0 Å². The number of hydrogen-bond donors (Lipinski definition) is 1. The molecule has 1 aliphatic rings. The molecule has 1 saturated heterocycles. The molecular formula is C10H17N3S. The first-order chi connectivity index (χ1) is 6.74. The van der Waals surface area contributed by atoms with Gasteiger partial charge in [-0.2, -0.15) is 0 Å². The van der Waals surface area contributed by atoms with Gasteiger partial charge < -0.3 is 5.73 Å². The van der Waals surface area contributed by atoms with Crippen LogP contribution >= 0.6 is 11.3 Å². The van der Waals surface area contributed by atoms with Crippen molar-refractivity contribution < 1.29 is 0 Å². The first kappa shape index (κ1) is 10.1. The SMILES string of the molecule is Cc1nc(CN2CCC(N)CC2)cs1. The summed E-state index contributed by atoms with van der Waals surface area (Å²) in [5, 5.41) is 3.32. The van der Waals surface area contributed by atoms with E-state index < -0.39 is 0 Å². The van der Waals surface area contributed by atoms with Crippen molar-refractivity contribution in [2.75, 3.05) is 13.1 Å². The molecule has 0 radical (unpaired) electrons. The van der Waals surface area contributed by atoms with Crippen LogP contribution in [0.15, 0.2) is 5.38 Å². The lowest BCUT2D eigenvalue weighted by Gasteiger charge is -2.29. The molecule has 0 aromatic carbocycles. The Labute approximate surface area is 88.9 Å². The van der Waals surface area contributed by atoms with Crippen LogP contribution in [0.1, 0.15) is 23.5 Å². The maximum Gasteiger partial charge on any atom is 0.0897 e. The fraction of sp³-hybridized carbons (Fsp3) is 0.700. The van der Waals surface area contributed by atoms with Gasteiger partial charge in [0.05, 0.1) is 10.7 Å². The highest BCUT2D eigenvalue weighted by atomic mass is 32.1. The average Bonchev–Trinajstić information content (AvgIpc) is 2.56. The molecule has 2 N–H and O–H groups in total. The number of piperidine rings is 1. The summed E-state index contributed by atoms with van der Waals surface area (Å²) in [5.41, 5.74) is 7.07. The van der Waals surface area contributed by atoms with Crippen LogP contribution in [0.2, 0.25) is 0 Å².